The maximum absolute atomic E-state index is 14.5. The van der Waals surface area contributed by atoms with Crippen LogP contribution >= 0.6 is 0 Å². The Morgan fingerprint density at radius 1 is 1.19 bits per heavy atom. The highest BCUT2D eigenvalue weighted by Gasteiger charge is 2.45. The number of halogens is 1. The number of rotatable bonds is 7. The molecule has 0 spiro atoms. The molecule has 4 N–H and O–H groups in total. The van der Waals surface area contributed by atoms with Gasteiger partial charge in [0.25, 0.3) is 0 Å². The van der Waals surface area contributed by atoms with Gasteiger partial charge in [0.15, 0.2) is 0 Å². The van der Waals surface area contributed by atoms with Crippen molar-refractivity contribution in [2.24, 2.45) is 10.9 Å². The SMILES string of the molecule is COC[C@H](O)N1CCN([C@@H]2C[C@H](C3NN[C@@H]4CC(F)=C(OC(C)C)C[C@H]34)NC=N2)CC1. The standard InChI is InChI=1S/C21H37FN6O3/c1-13(2)31-18-8-14-16(9-15(18)22)25-26-21(14)17-10-19(24-12-23-17)27-4-6-28(7-5-27)20(29)11-30-3/h12-14,16-17,19-21,25-26,29H,4-11H2,1-3H3,(H,23,24)/t14-,16+,17+,19+,20-,21?/m0/s1. The second kappa shape index (κ2) is 10.1. The molecule has 4 aliphatic rings. The summed E-state index contributed by atoms with van der Waals surface area (Å²) in [7, 11) is 1.61. The van der Waals surface area contributed by atoms with Gasteiger partial charge >= 0.3 is 0 Å². The molecule has 0 amide bonds. The molecule has 0 saturated carbocycles. The van der Waals surface area contributed by atoms with Crippen LogP contribution in [0.2, 0.25) is 0 Å². The fourth-order valence-electron chi connectivity index (χ4n) is 5.23. The van der Waals surface area contributed by atoms with Crippen molar-refractivity contribution in [2.45, 2.75) is 69.7 Å². The second-order valence-corrected chi connectivity index (χ2v) is 9.26. The third kappa shape index (κ3) is 5.20. The Balaban J connectivity index is 1.34. The van der Waals surface area contributed by atoms with Gasteiger partial charge in [-0.3, -0.25) is 25.6 Å². The number of hydrazine groups is 1. The molecule has 0 aromatic rings. The Bertz CT molecular complexity index is 670. The average Bonchev–Trinajstić information content (AvgIpc) is 3.16. The van der Waals surface area contributed by atoms with E-state index < -0.39 is 6.23 Å². The summed E-state index contributed by atoms with van der Waals surface area (Å²) in [5, 5.41) is 13.6. The van der Waals surface area contributed by atoms with Gasteiger partial charge in [0.1, 0.15) is 24.0 Å². The lowest BCUT2D eigenvalue weighted by Gasteiger charge is -2.42. The Hall–Kier alpha value is -1.30. The van der Waals surface area contributed by atoms with Crippen LogP contribution in [0.5, 0.6) is 0 Å². The summed E-state index contributed by atoms with van der Waals surface area (Å²) >= 11 is 0. The molecular formula is C21H37FN6O3. The van der Waals surface area contributed by atoms with Crippen LogP contribution in [0.1, 0.15) is 33.1 Å². The van der Waals surface area contributed by atoms with E-state index in [4.69, 9.17) is 14.5 Å². The number of nitrogens with zero attached hydrogens (tertiary/aromatic N) is 3. The van der Waals surface area contributed by atoms with E-state index in [1.165, 1.54) is 0 Å². The number of aliphatic imine (C=N–C) groups is 1. The van der Waals surface area contributed by atoms with Gasteiger partial charge in [-0.1, -0.05) is 0 Å². The van der Waals surface area contributed by atoms with Gasteiger partial charge in [-0.05, 0) is 13.8 Å². The maximum Gasteiger partial charge on any atom is 0.139 e. The van der Waals surface area contributed by atoms with Crippen LogP contribution in [0.25, 0.3) is 0 Å². The van der Waals surface area contributed by atoms with E-state index in [0.29, 0.717) is 25.2 Å². The van der Waals surface area contributed by atoms with Crippen molar-refractivity contribution < 1.29 is 19.0 Å². The van der Waals surface area contributed by atoms with Crippen LogP contribution in [0, 0.1) is 5.92 Å². The summed E-state index contributed by atoms with van der Waals surface area (Å²) in [5.41, 5.74) is 6.74. The number of hydrogen-bond donors (Lipinski definition) is 4. The molecule has 10 heteroatoms. The predicted octanol–water partition coefficient (Wildman–Crippen LogP) is 0.146. The number of methoxy groups -OCH3 is 1. The highest BCUT2D eigenvalue weighted by molar-refractivity contribution is 5.56. The number of aliphatic hydroxyl groups is 1. The average molecular weight is 441 g/mol. The van der Waals surface area contributed by atoms with Crippen molar-refractivity contribution in [3.8, 4) is 0 Å². The fraction of sp³-hybridized carbons (Fsp3) is 0.857. The Morgan fingerprint density at radius 3 is 2.68 bits per heavy atom. The number of allylic oxidation sites excluding steroid dienone is 1. The van der Waals surface area contributed by atoms with Crippen LogP contribution < -0.4 is 16.2 Å². The zero-order valence-corrected chi connectivity index (χ0v) is 18.8. The Labute approximate surface area is 184 Å². The van der Waals surface area contributed by atoms with Crippen molar-refractivity contribution in [1.29, 1.82) is 0 Å². The van der Waals surface area contributed by atoms with Gasteiger partial charge in [0.2, 0.25) is 0 Å². The summed E-state index contributed by atoms with van der Waals surface area (Å²) in [6.07, 6.45) is 3.21. The topological polar surface area (TPSA) is 93.6 Å². The Kier molecular flexibility index (Phi) is 7.45. The van der Waals surface area contributed by atoms with Gasteiger partial charge in [-0.15, -0.1) is 0 Å². The van der Waals surface area contributed by atoms with E-state index in [0.717, 1.165) is 32.6 Å². The quantitative estimate of drug-likeness (QED) is 0.445. The molecule has 3 heterocycles. The number of hydrogen-bond acceptors (Lipinski definition) is 9. The molecular weight excluding hydrogens is 403 g/mol. The molecule has 1 aliphatic carbocycles. The van der Waals surface area contributed by atoms with Gasteiger partial charge < -0.3 is 19.9 Å². The van der Waals surface area contributed by atoms with E-state index in [1.807, 2.05) is 20.2 Å². The molecule has 0 aromatic heterocycles. The zero-order chi connectivity index (χ0) is 22.0. The fourth-order valence-corrected chi connectivity index (χ4v) is 5.23. The number of ether oxygens (including phenoxy) is 2. The molecule has 2 fully saturated rings. The molecule has 0 aromatic carbocycles. The van der Waals surface area contributed by atoms with Crippen LogP contribution in [0.4, 0.5) is 4.39 Å². The minimum absolute atomic E-state index is 0.0246. The van der Waals surface area contributed by atoms with Crippen molar-refractivity contribution >= 4 is 6.34 Å². The first-order chi connectivity index (χ1) is 15.0. The van der Waals surface area contributed by atoms with Crippen LogP contribution in [0.3, 0.4) is 0 Å². The number of fused-ring (bicyclic) bond motifs is 1. The monoisotopic (exact) mass is 440 g/mol. The number of nitrogens with one attached hydrogen (secondary N) is 3. The lowest BCUT2D eigenvalue weighted by molar-refractivity contribution is -0.0695. The lowest BCUT2D eigenvalue weighted by atomic mass is 9.80. The van der Waals surface area contributed by atoms with E-state index in [2.05, 4.69) is 26.0 Å². The van der Waals surface area contributed by atoms with Crippen molar-refractivity contribution in [2.75, 3.05) is 39.9 Å². The van der Waals surface area contributed by atoms with Crippen LogP contribution in [0.15, 0.2) is 16.6 Å². The summed E-state index contributed by atoms with van der Waals surface area (Å²) in [4.78, 5) is 9.13. The largest absolute Gasteiger partial charge is 0.493 e. The molecule has 2 saturated heterocycles. The lowest BCUT2D eigenvalue weighted by Crippen LogP contribution is -2.58. The minimum atomic E-state index is -0.552. The summed E-state index contributed by atoms with van der Waals surface area (Å²) in [5.74, 6) is 0.645. The Morgan fingerprint density at radius 2 is 1.97 bits per heavy atom. The minimum Gasteiger partial charge on any atom is -0.493 e. The first-order valence-electron chi connectivity index (χ1n) is 11.4. The number of aliphatic hydroxyl groups excluding tert-OH is 1. The molecule has 9 nitrogen and oxygen atoms in total. The van der Waals surface area contributed by atoms with Crippen LogP contribution in [-0.4, -0.2) is 97.8 Å². The van der Waals surface area contributed by atoms with E-state index >= 15 is 0 Å². The zero-order valence-electron chi connectivity index (χ0n) is 18.8. The van der Waals surface area contributed by atoms with Gasteiger partial charge in [0, 0.05) is 76.6 Å². The third-order valence-electron chi connectivity index (χ3n) is 6.86. The molecule has 1 unspecified atom stereocenters. The second-order valence-electron chi connectivity index (χ2n) is 9.26. The normalized spacial score (nSPS) is 35.9. The molecule has 176 valence electrons. The third-order valence-corrected chi connectivity index (χ3v) is 6.86. The highest BCUT2D eigenvalue weighted by Crippen LogP contribution is 2.37. The maximum atomic E-state index is 14.5. The smallest absolute Gasteiger partial charge is 0.139 e. The van der Waals surface area contributed by atoms with Crippen molar-refractivity contribution in [1.82, 2.24) is 26.0 Å². The molecule has 0 bridgehead atoms. The molecule has 6 atom stereocenters. The summed E-state index contributed by atoms with van der Waals surface area (Å²) < 4.78 is 25.3. The molecule has 3 aliphatic heterocycles. The molecule has 31 heavy (non-hydrogen) atoms. The van der Waals surface area contributed by atoms with Crippen molar-refractivity contribution in [3.63, 3.8) is 0 Å². The predicted molar refractivity (Wildman–Crippen MR) is 116 cm³/mol. The van der Waals surface area contributed by atoms with E-state index in [-0.39, 0.29) is 42.1 Å². The van der Waals surface area contributed by atoms with Crippen molar-refractivity contribution in [3.05, 3.63) is 11.6 Å². The molecule has 0 radical (unpaired) electrons. The van der Waals surface area contributed by atoms with Gasteiger partial charge in [0.05, 0.1) is 19.0 Å². The molecule has 4 rings (SSSR count). The summed E-state index contributed by atoms with van der Waals surface area (Å²) in [6.45, 7) is 7.51. The first-order valence-corrected chi connectivity index (χ1v) is 11.4. The van der Waals surface area contributed by atoms with Crippen LogP contribution in [-0.2, 0) is 9.47 Å². The van der Waals surface area contributed by atoms with E-state index in [9.17, 15) is 9.50 Å². The highest BCUT2D eigenvalue weighted by atomic mass is 19.1. The number of piperazine rings is 1. The summed E-state index contributed by atoms with van der Waals surface area (Å²) in [6, 6.07) is 0.445. The van der Waals surface area contributed by atoms with E-state index in [1.54, 1.807) is 7.11 Å². The van der Waals surface area contributed by atoms with Gasteiger partial charge in [-0.25, -0.2) is 4.39 Å². The first kappa shape index (κ1) is 22.9. The van der Waals surface area contributed by atoms with Gasteiger partial charge in [-0.2, -0.15) is 0 Å².